The number of methoxy groups -OCH3 is 1. The molecule has 3 rings (SSSR count). The van der Waals surface area contributed by atoms with Crippen molar-refractivity contribution in [3.8, 4) is 5.75 Å². The lowest BCUT2D eigenvalue weighted by Crippen LogP contribution is -2.55. The van der Waals surface area contributed by atoms with Gasteiger partial charge < -0.3 is 14.8 Å². The highest BCUT2D eigenvalue weighted by Crippen LogP contribution is 2.20. The molecule has 6 heteroatoms. The van der Waals surface area contributed by atoms with Gasteiger partial charge in [-0.05, 0) is 38.1 Å². The molecule has 0 saturated carbocycles. The van der Waals surface area contributed by atoms with Crippen molar-refractivity contribution in [1.29, 1.82) is 0 Å². The number of ether oxygens (including phenoxy) is 2. The summed E-state index contributed by atoms with van der Waals surface area (Å²) in [6.45, 7) is 8.10. The third kappa shape index (κ3) is 4.08. The number of hydrogen-bond donors (Lipinski definition) is 1. The van der Waals surface area contributed by atoms with Gasteiger partial charge in [-0.3, -0.25) is 9.69 Å². The summed E-state index contributed by atoms with van der Waals surface area (Å²) in [5.41, 5.74) is 1.08. The molecule has 2 aromatic rings. The number of carbonyl (C=O) groups excluding carboxylic acids is 1. The Morgan fingerprint density at radius 2 is 2.04 bits per heavy atom. The smallest absolute Gasteiger partial charge is 0.269 e. The van der Waals surface area contributed by atoms with Gasteiger partial charge in [0.1, 0.15) is 11.4 Å². The molecule has 1 aromatic heterocycles. The van der Waals surface area contributed by atoms with E-state index < -0.39 is 0 Å². The fraction of sp³-hybridized carbons (Fsp3) is 0.474. The summed E-state index contributed by atoms with van der Waals surface area (Å²) >= 11 is 0. The van der Waals surface area contributed by atoms with Crippen molar-refractivity contribution in [2.75, 3.05) is 40.0 Å². The van der Waals surface area contributed by atoms with Crippen LogP contribution >= 0.6 is 0 Å². The molecule has 0 spiro atoms. The van der Waals surface area contributed by atoms with Crippen molar-refractivity contribution in [2.24, 2.45) is 0 Å². The van der Waals surface area contributed by atoms with Gasteiger partial charge in [0.05, 0.1) is 25.8 Å². The van der Waals surface area contributed by atoms with Crippen LogP contribution in [0.5, 0.6) is 5.75 Å². The van der Waals surface area contributed by atoms with Crippen LogP contribution in [0.4, 0.5) is 0 Å². The maximum atomic E-state index is 12.5. The number of fused-ring (bicyclic) bond motifs is 1. The Morgan fingerprint density at radius 1 is 1.28 bits per heavy atom. The lowest BCUT2D eigenvalue weighted by molar-refractivity contribution is -0.00924. The Morgan fingerprint density at radius 3 is 2.76 bits per heavy atom. The Kier molecular flexibility index (Phi) is 5.20. The van der Waals surface area contributed by atoms with Crippen LogP contribution in [0, 0.1) is 0 Å². The van der Waals surface area contributed by atoms with E-state index in [1.807, 2.05) is 24.3 Å². The Bertz CT molecular complexity index is 755. The first-order valence-electron chi connectivity index (χ1n) is 8.55. The maximum absolute atomic E-state index is 12.5. The molecular formula is C19H25N3O3. The van der Waals surface area contributed by atoms with E-state index in [1.165, 1.54) is 0 Å². The fourth-order valence-corrected chi connectivity index (χ4v) is 3.02. The molecule has 1 aromatic carbocycles. The molecule has 1 N–H and O–H groups in total. The highest BCUT2D eigenvalue weighted by Gasteiger charge is 2.28. The number of amides is 1. The molecule has 1 aliphatic heterocycles. The van der Waals surface area contributed by atoms with Gasteiger partial charge in [0.15, 0.2) is 0 Å². The third-order valence-electron chi connectivity index (χ3n) is 4.68. The Labute approximate surface area is 148 Å². The molecule has 0 bridgehead atoms. The van der Waals surface area contributed by atoms with Crippen molar-refractivity contribution in [1.82, 2.24) is 15.2 Å². The second-order valence-corrected chi connectivity index (χ2v) is 6.85. The molecule has 25 heavy (non-hydrogen) atoms. The van der Waals surface area contributed by atoms with Crippen LogP contribution in [-0.4, -0.2) is 61.3 Å². The van der Waals surface area contributed by atoms with Crippen molar-refractivity contribution < 1.29 is 14.3 Å². The molecule has 0 atom stereocenters. The van der Waals surface area contributed by atoms with Crippen LogP contribution in [0.15, 0.2) is 30.3 Å². The van der Waals surface area contributed by atoms with E-state index in [0.717, 1.165) is 43.0 Å². The highest BCUT2D eigenvalue weighted by atomic mass is 16.5. The normalized spacial score (nSPS) is 16.0. The van der Waals surface area contributed by atoms with E-state index >= 15 is 0 Å². The highest BCUT2D eigenvalue weighted by molar-refractivity contribution is 5.95. The zero-order valence-corrected chi connectivity index (χ0v) is 15.0. The standard InChI is InChI=1S/C19H25N3O3/c1-19(2,22-8-10-25-11-9-22)13-20-18(23)17-6-4-14-12-15(24-3)5-7-16(14)21-17/h4-7,12H,8-11,13H2,1-3H3,(H,20,23). The minimum atomic E-state index is -0.154. The summed E-state index contributed by atoms with van der Waals surface area (Å²) in [5.74, 6) is 0.623. The van der Waals surface area contributed by atoms with Crippen molar-refractivity contribution in [3.05, 3.63) is 36.0 Å². The first-order chi connectivity index (χ1) is 12.0. The number of nitrogens with zero attached hydrogens (tertiary/aromatic N) is 2. The van der Waals surface area contributed by atoms with Crippen LogP contribution in [0.25, 0.3) is 10.9 Å². The molecule has 0 radical (unpaired) electrons. The van der Waals surface area contributed by atoms with Crippen molar-refractivity contribution in [3.63, 3.8) is 0 Å². The van der Waals surface area contributed by atoms with Gasteiger partial charge in [-0.1, -0.05) is 6.07 Å². The average molecular weight is 343 g/mol. The average Bonchev–Trinajstić information content (AvgIpc) is 2.66. The summed E-state index contributed by atoms with van der Waals surface area (Å²) in [5, 5.41) is 3.96. The zero-order valence-electron chi connectivity index (χ0n) is 15.0. The van der Waals surface area contributed by atoms with Gasteiger partial charge in [0, 0.05) is 30.6 Å². The van der Waals surface area contributed by atoms with Gasteiger partial charge in [-0.2, -0.15) is 0 Å². The number of rotatable bonds is 5. The number of hydrogen-bond acceptors (Lipinski definition) is 5. The van der Waals surface area contributed by atoms with E-state index in [9.17, 15) is 4.79 Å². The quantitative estimate of drug-likeness (QED) is 0.901. The van der Waals surface area contributed by atoms with Gasteiger partial charge in [0.25, 0.3) is 5.91 Å². The number of carbonyl (C=O) groups is 1. The Hall–Kier alpha value is -2.18. The van der Waals surface area contributed by atoms with Crippen LogP contribution in [-0.2, 0) is 4.74 Å². The molecule has 1 fully saturated rings. The van der Waals surface area contributed by atoms with E-state index in [-0.39, 0.29) is 11.4 Å². The first kappa shape index (κ1) is 17.6. The predicted octanol–water partition coefficient (Wildman–Crippen LogP) is 2.08. The Balaban J connectivity index is 1.67. The molecule has 1 aliphatic rings. The number of morpholine rings is 1. The minimum Gasteiger partial charge on any atom is -0.497 e. The lowest BCUT2D eigenvalue weighted by Gasteiger charge is -2.40. The zero-order chi connectivity index (χ0) is 17.9. The molecule has 2 heterocycles. The van der Waals surface area contributed by atoms with Crippen molar-refractivity contribution in [2.45, 2.75) is 19.4 Å². The number of pyridine rings is 1. The van der Waals surface area contributed by atoms with Crippen molar-refractivity contribution >= 4 is 16.8 Å². The van der Waals surface area contributed by atoms with Gasteiger partial charge in [-0.15, -0.1) is 0 Å². The van der Waals surface area contributed by atoms with E-state index in [4.69, 9.17) is 9.47 Å². The van der Waals surface area contributed by atoms with Gasteiger partial charge in [-0.25, -0.2) is 4.98 Å². The number of benzene rings is 1. The van der Waals surface area contributed by atoms with Crippen LogP contribution < -0.4 is 10.1 Å². The van der Waals surface area contributed by atoms with E-state index in [2.05, 4.69) is 29.0 Å². The van der Waals surface area contributed by atoms with Crippen LogP contribution in [0.1, 0.15) is 24.3 Å². The molecule has 6 nitrogen and oxygen atoms in total. The summed E-state index contributed by atoms with van der Waals surface area (Å²) in [6, 6.07) is 9.26. The lowest BCUT2D eigenvalue weighted by atomic mass is 10.0. The molecule has 1 saturated heterocycles. The fourth-order valence-electron chi connectivity index (χ4n) is 3.02. The summed E-state index contributed by atoms with van der Waals surface area (Å²) in [4.78, 5) is 19.3. The monoisotopic (exact) mass is 343 g/mol. The molecular weight excluding hydrogens is 318 g/mol. The predicted molar refractivity (Wildman–Crippen MR) is 97.1 cm³/mol. The summed E-state index contributed by atoms with van der Waals surface area (Å²) < 4.78 is 10.6. The van der Waals surface area contributed by atoms with Crippen LogP contribution in [0.2, 0.25) is 0 Å². The SMILES string of the molecule is COc1ccc2nc(C(=O)NCC(C)(C)N3CCOCC3)ccc2c1. The van der Waals surface area contributed by atoms with E-state index in [0.29, 0.717) is 12.2 Å². The summed E-state index contributed by atoms with van der Waals surface area (Å²) in [6.07, 6.45) is 0. The maximum Gasteiger partial charge on any atom is 0.269 e. The second-order valence-electron chi connectivity index (χ2n) is 6.85. The van der Waals surface area contributed by atoms with Gasteiger partial charge in [0.2, 0.25) is 0 Å². The largest absolute Gasteiger partial charge is 0.497 e. The first-order valence-corrected chi connectivity index (χ1v) is 8.55. The number of aromatic nitrogens is 1. The molecule has 0 unspecified atom stereocenters. The third-order valence-corrected chi connectivity index (χ3v) is 4.68. The van der Waals surface area contributed by atoms with Crippen LogP contribution in [0.3, 0.4) is 0 Å². The second kappa shape index (κ2) is 7.37. The summed E-state index contributed by atoms with van der Waals surface area (Å²) in [7, 11) is 1.63. The topological polar surface area (TPSA) is 63.7 Å². The molecule has 134 valence electrons. The molecule has 0 aliphatic carbocycles. The van der Waals surface area contributed by atoms with E-state index in [1.54, 1.807) is 13.2 Å². The van der Waals surface area contributed by atoms with Gasteiger partial charge >= 0.3 is 0 Å². The molecule has 1 amide bonds. The minimum absolute atomic E-state index is 0.121. The number of nitrogens with one attached hydrogen (secondary N) is 1.